The number of hydrogen-bond donors (Lipinski definition) is 2. The first-order valence-corrected chi connectivity index (χ1v) is 6.80. The van der Waals surface area contributed by atoms with Gasteiger partial charge in [0.2, 0.25) is 0 Å². The van der Waals surface area contributed by atoms with E-state index < -0.39 is 0 Å². The van der Waals surface area contributed by atoms with E-state index >= 15 is 0 Å². The van der Waals surface area contributed by atoms with Gasteiger partial charge in [0.05, 0.1) is 12.1 Å². The first kappa shape index (κ1) is 13.3. The van der Waals surface area contributed by atoms with Gasteiger partial charge >= 0.3 is 0 Å². The van der Waals surface area contributed by atoms with Crippen LogP contribution in [0.1, 0.15) is 34.0 Å². The van der Waals surface area contributed by atoms with Crippen molar-refractivity contribution in [2.24, 2.45) is 5.73 Å². The van der Waals surface area contributed by atoms with Crippen molar-refractivity contribution >= 4 is 15.9 Å². The van der Waals surface area contributed by atoms with Crippen molar-refractivity contribution in [3.63, 3.8) is 0 Å². The van der Waals surface area contributed by atoms with Gasteiger partial charge in [-0.15, -0.1) is 0 Å². The zero-order chi connectivity index (χ0) is 13.3. The van der Waals surface area contributed by atoms with E-state index in [0.717, 1.165) is 10.4 Å². The van der Waals surface area contributed by atoms with E-state index in [2.05, 4.69) is 58.8 Å². The van der Waals surface area contributed by atoms with Crippen LogP contribution >= 0.6 is 15.9 Å². The standard InChI is InChI=1S/C14H18BrN3/c1-8-4-9(2)13(10(3)5-8)11(6-16)14-17-7-12(15)18-14/h4-5,7,11H,6,16H2,1-3H3,(H,17,18). The molecule has 1 unspecified atom stereocenters. The Morgan fingerprint density at radius 3 is 2.33 bits per heavy atom. The monoisotopic (exact) mass is 307 g/mol. The third-order valence-electron chi connectivity index (χ3n) is 3.22. The van der Waals surface area contributed by atoms with Crippen molar-refractivity contribution in [1.29, 1.82) is 0 Å². The normalized spacial score (nSPS) is 12.7. The van der Waals surface area contributed by atoms with Crippen molar-refractivity contribution < 1.29 is 0 Å². The van der Waals surface area contributed by atoms with Crippen molar-refractivity contribution in [2.75, 3.05) is 6.54 Å². The van der Waals surface area contributed by atoms with Gasteiger partial charge in [0.1, 0.15) is 10.4 Å². The number of nitrogens with two attached hydrogens (primary N) is 1. The van der Waals surface area contributed by atoms with E-state index in [9.17, 15) is 0 Å². The number of aromatic nitrogens is 2. The van der Waals surface area contributed by atoms with E-state index in [-0.39, 0.29) is 5.92 Å². The Kier molecular flexibility index (Phi) is 3.88. The molecule has 1 heterocycles. The highest BCUT2D eigenvalue weighted by Gasteiger charge is 2.19. The van der Waals surface area contributed by atoms with Crippen LogP contribution in [0.2, 0.25) is 0 Å². The van der Waals surface area contributed by atoms with Crippen LogP contribution in [0.15, 0.2) is 22.9 Å². The van der Waals surface area contributed by atoms with Crippen LogP contribution in [0.4, 0.5) is 0 Å². The van der Waals surface area contributed by atoms with Gasteiger partial charge in [-0.05, 0) is 53.4 Å². The fourth-order valence-electron chi connectivity index (χ4n) is 2.60. The van der Waals surface area contributed by atoms with Crippen molar-refractivity contribution in [3.8, 4) is 0 Å². The van der Waals surface area contributed by atoms with Crippen LogP contribution in [-0.4, -0.2) is 16.5 Å². The molecule has 4 heteroatoms. The molecule has 0 spiro atoms. The summed E-state index contributed by atoms with van der Waals surface area (Å²) in [6.07, 6.45) is 1.77. The number of imidazole rings is 1. The summed E-state index contributed by atoms with van der Waals surface area (Å²) < 4.78 is 0.887. The third kappa shape index (κ3) is 2.49. The third-order valence-corrected chi connectivity index (χ3v) is 3.62. The summed E-state index contributed by atoms with van der Waals surface area (Å²) in [7, 11) is 0. The molecule has 0 aliphatic carbocycles. The average Bonchev–Trinajstić information content (AvgIpc) is 2.69. The maximum absolute atomic E-state index is 5.95. The summed E-state index contributed by atoms with van der Waals surface area (Å²) in [5.41, 5.74) is 11.1. The molecule has 96 valence electrons. The number of rotatable bonds is 3. The van der Waals surface area contributed by atoms with Gasteiger partial charge in [-0.1, -0.05) is 17.7 Å². The topological polar surface area (TPSA) is 54.7 Å². The molecule has 18 heavy (non-hydrogen) atoms. The number of nitrogens with one attached hydrogen (secondary N) is 1. The van der Waals surface area contributed by atoms with E-state index in [1.165, 1.54) is 22.3 Å². The number of hydrogen-bond acceptors (Lipinski definition) is 2. The van der Waals surface area contributed by atoms with Gasteiger partial charge < -0.3 is 10.7 Å². The van der Waals surface area contributed by atoms with Crippen LogP contribution in [0.5, 0.6) is 0 Å². The molecule has 0 aliphatic rings. The fraction of sp³-hybridized carbons (Fsp3) is 0.357. The largest absolute Gasteiger partial charge is 0.336 e. The first-order valence-electron chi connectivity index (χ1n) is 6.01. The van der Waals surface area contributed by atoms with E-state index in [1.807, 2.05) is 0 Å². The number of aryl methyl sites for hydroxylation is 3. The Labute approximate surface area is 116 Å². The van der Waals surface area contributed by atoms with Crippen LogP contribution < -0.4 is 5.73 Å². The highest BCUT2D eigenvalue weighted by molar-refractivity contribution is 9.10. The maximum atomic E-state index is 5.95. The van der Waals surface area contributed by atoms with E-state index in [4.69, 9.17) is 5.73 Å². The number of halogens is 1. The Hall–Kier alpha value is -1.13. The molecule has 0 aliphatic heterocycles. The highest BCUT2D eigenvalue weighted by atomic mass is 79.9. The molecule has 0 bridgehead atoms. The summed E-state index contributed by atoms with van der Waals surface area (Å²) in [6, 6.07) is 4.39. The number of benzene rings is 1. The molecular weight excluding hydrogens is 290 g/mol. The molecule has 1 atom stereocenters. The number of nitrogens with zero attached hydrogens (tertiary/aromatic N) is 1. The van der Waals surface area contributed by atoms with Crippen LogP contribution in [0.25, 0.3) is 0 Å². The van der Waals surface area contributed by atoms with Gasteiger partial charge in [-0.25, -0.2) is 4.98 Å². The SMILES string of the molecule is Cc1cc(C)c(C(CN)c2ncc(Br)[nH]2)c(C)c1. The maximum Gasteiger partial charge on any atom is 0.115 e. The van der Waals surface area contributed by atoms with Crippen molar-refractivity contribution in [1.82, 2.24) is 9.97 Å². The molecule has 2 aromatic rings. The summed E-state index contributed by atoms with van der Waals surface area (Å²) in [5, 5.41) is 0. The minimum absolute atomic E-state index is 0.122. The predicted octanol–water partition coefficient (Wildman–Crippen LogP) is 3.19. The smallest absolute Gasteiger partial charge is 0.115 e. The Balaban J connectivity index is 2.51. The van der Waals surface area contributed by atoms with Gasteiger partial charge in [-0.3, -0.25) is 0 Å². The van der Waals surface area contributed by atoms with Crippen LogP contribution in [0, 0.1) is 20.8 Å². The molecule has 0 saturated carbocycles. The fourth-order valence-corrected chi connectivity index (χ4v) is 2.90. The molecule has 3 nitrogen and oxygen atoms in total. The van der Waals surface area contributed by atoms with E-state index in [0.29, 0.717) is 6.54 Å². The molecule has 0 saturated heterocycles. The molecule has 0 amide bonds. The minimum Gasteiger partial charge on any atom is -0.336 e. The lowest BCUT2D eigenvalue weighted by Crippen LogP contribution is -2.17. The second kappa shape index (κ2) is 5.24. The van der Waals surface area contributed by atoms with Crippen molar-refractivity contribution in [2.45, 2.75) is 26.7 Å². The molecule has 1 aromatic heterocycles. The number of aromatic amines is 1. The molecular formula is C14H18BrN3. The first-order chi connectivity index (χ1) is 8.52. The quantitative estimate of drug-likeness (QED) is 0.915. The summed E-state index contributed by atoms with van der Waals surface area (Å²) >= 11 is 3.39. The summed E-state index contributed by atoms with van der Waals surface area (Å²) in [5.74, 6) is 1.04. The molecule has 2 rings (SSSR count). The summed E-state index contributed by atoms with van der Waals surface area (Å²) in [4.78, 5) is 7.61. The van der Waals surface area contributed by atoms with Gasteiger partial charge in [0.25, 0.3) is 0 Å². The van der Waals surface area contributed by atoms with Gasteiger partial charge in [0, 0.05) is 6.54 Å². The summed E-state index contributed by atoms with van der Waals surface area (Å²) in [6.45, 7) is 6.93. The molecule has 3 N–H and O–H groups in total. The lowest BCUT2D eigenvalue weighted by molar-refractivity contribution is 0.752. The van der Waals surface area contributed by atoms with Crippen LogP contribution in [-0.2, 0) is 0 Å². The van der Waals surface area contributed by atoms with E-state index in [1.54, 1.807) is 6.20 Å². The lowest BCUT2D eigenvalue weighted by Gasteiger charge is -2.19. The zero-order valence-corrected chi connectivity index (χ0v) is 12.5. The van der Waals surface area contributed by atoms with Gasteiger partial charge in [-0.2, -0.15) is 0 Å². The second-order valence-electron chi connectivity index (χ2n) is 4.72. The van der Waals surface area contributed by atoms with Gasteiger partial charge in [0.15, 0.2) is 0 Å². The molecule has 0 radical (unpaired) electrons. The highest BCUT2D eigenvalue weighted by Crippen LogP contribution is 2.29. The minimum atomic E-state index is 0.122. The van der Waals surface area contributed by atoms with Crippen molar-refractivity contribution in [3.05, 3.63) is 51.0 Å². The lowest BCUT2D eigenvalue weighted by atomic mass is 9.89. The Bertz CT molecular complexity index is 537. The second-order valence-corrected chi connectivity index (χ2v) is 5.57. The Morgan fingerprint density at radius 2 is 1.89 bits per heavy atom. The molecule has 0 fully saturated rings. The predicted molar refractivity (Wildman–Crippen MR) is 77.8 cm³/mol. The number of H-pyrrole nitrogens is 1. The average molecular weight is 308 g/mol. The zero-order valence-electron chi connectivity index (χ0n) is 10.9. The van der Waals surface area contributed by atoms with Crippen LogP contribution in [0.3, 0.4) is 0 Å². The molecule has 1 aromatic carbocycles. The Morgan fingerprint density at radius 1 is 1.28 bits per heavy atom.